The van der Waals surface area contributed by atoms with E-state index in [1.807, 2.05) is 0 Å². The summed E-state index contributed by atoms with van der Waals surface area (Å²) in [7, 11) is -4.43. The van der Waals surface area contributed by atoms with Crippen molar-refractivity contribution in [2.45, 2.75) is 11.1 Å². The van der Waals surface area contributed by atoms with E-state index in [4.69, 9.17) is 11.6 Å². The first-order valence-electron chi connectivity index (χ1n) is 8.89. The normalized spacial score (nSPS) is 12.1. The molecular formula is C20H15ClF3N3O3S2. The van der Waals surface area contributed by atoms with Crippen LogP contribution in [0.1, 0.15) is 10.4 Å². The van der Waals surface area contributed by atoms with E-state index >= 15 is 0 Å². The summed E-state index contributed by atoms with van der Waals surface area (Å²) < 4.78 is 66.7. The van der Waals surface area contributed by atoms with Crippen molar-refractivity contribution < 1.29 is 26.4 Å². The van der Waals surface area contributed by atoms with Crippen LogP contribution in [0.5, 0.6) is 0 Å². The largest absolute Gasteiger partial charge is 0.416 e. The molecule has 3 rings (SSSR count). The van der Waals surface area contributed by atoms with Gasteiger partial charge in [0, 0.05) is 4.88 Å². The number of hydrogen-bond donors (Lipinski definition) is 1. The minimum Gasteiger partial charge on any atom is -0.271 e. The lowest BCUT2D eigenvalue weighted by Crippen LogP contribution is -2.39. The molecule has 0 bridgehead atoms. The lowest BCUT2D eigenvalue weighted by molar-refractivity contribution is -0.137. The zero-order valence-electron chi connectivity index (χ0n) is 16.1. The number of rotatable bonds is 7. The molecule has 6 nitrogen and oxygen atoms in total. The molecular weight excluding hydrogens is 487 g/mol. The SMILES string of the molecule is O=C(CN(c1cc(C(F)(F)F)ccc1Cl)S(=O)(=O)c1ccccc1)N/N=C\c1cccs1. The summed E-state index contributed by atoms with van der Waals surface area (Å²) in [5.41, 5.74) is 0.581. The highest BCUT2D eigenvalue weighted by atomic mass is 35.5. The Kier molecular flexibility index (Phi) is 7.22. The van der Waals surface area contributed by atoms with Crippen LogP contribution in [0.15, 0.2) is 76.0 Å². The lowest BCUT2D eigenvalue weighted by Gasteiger charge is -2.25. The van der Waals surface area contributed by atoms with Gasteiger partial charge in [0.15, 0.2) is 0 Å². The third-order valence-electron chi connectivity index (χ3n) is 4.08. The number of halogens is 4. The fraction of sp³-hybridized carbons (Fsp3) is 0.100. The number of carbonyl (C=O) groups excluding carboxylic acids is 1. The number of hydrazone groups is 1. The molecule has 0 aliphatic rings. The number of amides is 1. The van der Waals surface area contributed by atoms with Gasteiger partial charge in [-0.05, 0) is 41.8 Å². The molecule has 0 saturated carbocycles. The molecule has 1 amide bonds. The van der Waals surface area contributed by atoms with Gasteiger partial charge in [0.05, 0.1) is 27.4 Å². The molecule has 0 fully saturated rings. The molecule has 32 heavy (non-hydrogen) atoms. The van der Waals surface area contributed by atoms with Crippen molar-refractivity contribution in [1.82, 2.24) is 5.43 Å². The lowest BCUT2D eigenvalue weighted by atomic mass is 10.2. The second-order valence-electron chi connectivity index (χ2n) is 6.30. The van der Waals surface area contributed by atoms with Crippen LogP contribution < -0.4 is 9.73 Å². The van der Waals surface area contributed by atoms with Gasteiger partial charge in [0.2, 0.25) is 0 Å². The van der Waals surface area contributed by atoms with E-state index in [2.05, 4.69) is 10.5 Å². The molecule has 1 heterocycles. The van der Waals surface area contributed by atoms with Crippen LogP contribution >= 0.6 is 22.9 Å². The summed E-state index contributed by atoms with van der Waals surface area (Å²) in [5, 5.41) is 5.27. The number of anilines is 1. The molecule has 0 saturated heterocycles. The molecule has 12 heteroatoms. The molecule has 1 aromatic heterocycles. The van der Waals surface area contributed by atoms with Crippen molar-refractivity contribution in [3.63, 3.8) is 0 Å². The smallest absolute Gasteiger partial charge is 0.271 e. The fourth-order valence-electron chi connectivity index (χ4n) is 2.60. The Bertz CT molecular complexity index is 1220. The van der Waals surface area contributed by atoms with Crippen LogP contribution in [0.25, 0.3) is 0 Å². The first kappa shape index (κ1) is 23.8. The number of nitrogens with one attached hydrogen (secondary N) is 1. The van der Waals surface area contributed by atoms with E-state index in [-0.39, 0.29) is 9.92 Å². The van der Waals surface area contributed by atoms with Crippen LogP contribution in [0, 0.1) is 0 Å². The number of alkyl halides is 3. The van der Waals surface area contributed by atoms with E-state index in [9.17, 15) is 26.4 Å². The molecule has 0 aliphatic carbocycles. The van der Waals surface area contributed by atoms with Gasteiger partial charge in [-0.1, -0.05) is 35.9 Å². The molecule has 0 radical (unpaired) electrons. The zero-order valence-corrected chi connectivity index (χ0v) is 18.5. The summed E-state index contributed by atoms with van der Waals surface area (Å²) >= 11 is 7.42. The molecule has 0 atom stereocenters. The Labute approximate surface area is 191 Å². The van der Waals surface area contributed by atoms with Gasteiger partial charge in [-0.25, -0.2) is 13.8 Å². The van der Waals surface area contributed by atoms with E-state index in [1.165, 1.54) is 41.8 Å². The number of hydrogen-bond acceptors (Lipinski definition) is 5. The molecule has 0 aliphatic heterocycles. The summed E-state index contributed by atoms with van der Waals surface area (Å²) in [6.45, 7) is -0.847. The van der Waals surface area contributed by atoms with E-state index in [1.54, 1.807) is 23.6 Å². The Balaban J connectivity index is 1.98. The molecule has 0 spiro atoms. The predicted octanol–water partition coefficient (Wildman–Crippen LogP) is 4.77. The molecule has 168 valence electrons. The number of sulfonamides is 1. The van der Waals surface area contributed by atoms with Crippen molar-refractivity contribution in [3.8, 4) is 0 Å². The summed E-state index contributed by atoms with van der Waals surface area (Å²) in [6, 6.07) is 12.8. The molecule has 0 unspecified atom stereocenters. The van der Waals surface area contributed by atoms with Gasteiger partial charge >= 0.3 is 6.18 Å². The van der Waals surface area contributed by atoms with Crippen LogP contribution in [-0.2, 0) is 21.0 Å². The second kappa shape index (κ2) is 9.72. The maximum absolute atomic E-state index is 13.2. The third kappa shape index (κ3) is 5.67. The molecule has 1 N–H and O–H groups in total. The minimum atomic E-state index is -4.74. The standard InChI is InChI=1S/C20H15ClF3N3O3S2/c21-17-9-8-14(20(22,23)24)11-18(17)27(32(29,30)16-6-2-1-3-7-16)13-19(28)26-25-12-15-5-4-10-31-15/h1-12H,13H2,(H,26,28)/b25-12-. The Hall–Kier alpha value is -2.89. The van der Waals surface area contributed by atoms with Crippen LogP contribution in [-0.4, -0.2) is 27.1 Å². The fourth-order valence-corrected chi connectivity index (χ4v) is 4.91. The van der Waals surface area contributed by atoms with Gasteiger partial charge in [-0.2, -0.15) is 18.3 Å². The van der Waals surface area contributed by atoms with Gasteiger partial charge in [0.1, 0.15) is 6.54 Å². The zero-order chi connectivity index (χ0) is 23.4. The van der Waals surface area contributed by atoms with Crippen LogP contribution in [0.3, 0.4) is 0 Å². The van der Waals surface area contributed by atoms with Gasteiger partial charge in [-0.3, -0.25) is 9.10 Å². The Morgan fingerprint density at radius 2 is 1.84 bits per heavy atom. The summed E-state index contributed by atoms with van der Waals surface area (Å²) in [6.07, 6.45) is -3.38. The second-order valence-corrected chi connectivity index (χ2v) is 9.55. The summed E-state index contributed by atoms with van der Waals surface area (Å²) in [4.78, 5) is 13.0. The molecule has 3 aromatic rings. The maximum Gasteiger partial charge on any atom is 0.416 e. The van der Waals surface area contributed by atoms with E-state index in [0.29, 0.717) is 10.4 Å². The van der Waals surface area contributed by atoms with E-state index in [0.717, 1.165) is 17.0 Å². The topological polar surface area (TPSA) is 78.8 Å². The first-order valence-corrected chi connectivity index (χ1v) is 11.6. The number of benzene rings is 2. The van der Waals surface area contributed by atoms with Crippen LogP contribution in [0.4, 0.5) is 18.9 Å². The van der Waals surface area contributed by atoms with Gasteiger partial charge < -0.3 is 0 Å². The van der Waals surface area contributed by atoms with Crippen molar-refractivity contribution >= 4 is 50.8 Å². The monoisotopic (exact) mass is 501 g/mol. The highest BCUT2D eigenvalue weighted by Crippen LogP contribution is 2.37. The molecule has 2 aromatic carbocycles. The minimum absolute atomic E-state index is 0.219. The number of carbonyl (C=O) groups is 1. The maximum atomic E-state index is 13.2. The van der Waals surface area contributed by atoms with Crippen molar-refractivity contribution in [2.24, 2.45) is 5.10 Å². The van der Waals surface area contributed by atoms with E-state index < -0.39 is 39.9 Å². The summed E-state index contributed by atoms with van der Waals surface area (Å²) in [5.74, 6) is -0.870. The van der Waals surface area contributed by atoms with Crippen molar-refractivity contribution in [2.75, 3.05) is 10.8 Å². The quantitative estimate of drug-likeness (QED) is 0.374. The highest BCUT2D eigenvalue weighted by Gasteiger charge is 2.34. The first-order chi connectivity index (χ1) is 15.1. The average Bonchev–Trinajstić information content (AvgIpc) is 3.26. The van der Waals surface area contributed by atoms with Crippen LogP contribution in [0.2, 0.25) is 5.02 Å². The Morgan fingerprint density at radius 1 is 1.12 bits per heavy atom. The predicted molar refractivity (Wildman–Crippen MR) is 117 cm³/mol. The van der Waals surface area contributed by atoms with Gasteiger partial charge in [0.25, 0.3) is 15.9 Å². The number of nitrogens with zero attached hydrogens (tertiary/aromatic N) is 2. The highest BCUT2D eigenvalue weighted by molar-refractivity contribution is 7.92. The van der Waals surface area contributed by atoms with Crippen molar-refractivity contribution in [3.05, 3.63) is 81.5 Å². The van der Waals surface area contributed by atoms with Gasteiger partial charge in [-0.15, -0.1) is 11.3 Å². The number of thiophene rings is 1. The third-order valence-corrected chi connectivity index (χ3v) is 6.99. The average molecular weight is 502 g/mol. The van der Waals surface area contributed by atoms with Crippen molar-refractivity contribution in [1.29, 1.82) is 0 Å². The Morgan fingerprint density at radius 3 is 2.47 bits per heavy atom.